The maximum Gasteiger partial charge on any atom is 0.407 e. The van der Waals surface area contributed by atoms with Gasteiger partial charge in [-0.3, -0.25) is 0 Å². The van der Waals surface area contributed by atoms with Gasteiger partial charge in [-0.15, -0.1) is 11.3 Å². The summed E-state index contributed by atoms with van der Waals surface area (Å²) in [7, 11) is 1.30. The quantitative estimate of drug-likeness (QED) is 0.515. The number of aromatic nitrogens is 1. The van der Waals surface area contributed by atoms with Crippen LogP contribution in [0.15, 0.2) is 53.9 Å². The molecule has 6 nitrogen and oxygen atoms in total. The Balaban J connectivity index is 1.32. The molecule has 4 rings (SSSR count). The summed E-state index contributed by atoms with van der Waals surface area (Å²) in [6, 6.07) is 16.4. The van der Waals surface area contributed by atoms with Crippen LogP contribution >= 0.6 is 11.3 Å². The van der Waals surface area contributed by atoms with Gasteiger partial charge in [0.05, 0.1) is 13.7 Å². The van der Waals surface area contributed by atoms with Gasteiger partial charge < -0.3 is 14.8 Å². The number of alkyl carbamates (subject to hydrolysis) is 1. The Labute approximate surface area is 177 Å². The second-order valence-corrected chi connectivity index (χ2v) is 7.37. The average molecular weight is 418 g/mol. The van der Waals surface area contributed by atoms with Crippen molar-refractivity contribution in [3.63, 3.8) is 0 Å². The van der Waals surface area contributed by atoms with E-state index in [-0.39, 0.29) is 24.8 Å². The SMILES string of the molecule is COC(=O)c1csc(C#CCNC(=O)OCC2c3ccccc3-c3ccccc32)n1. The topological polar surface area (TPSA) is 77.5 Å². The van der Waals surface area contributed by atoms with Gasteiger partial charge in [0, 0.05) is 11.3 Å². The van der Waals surface area contributed by atoms with Crippen LogP contribution in [0.4, 0.5) is 4.79 Å². The molecular weight excluding hydrogens is 400 g/mol. The minimum Gasteiger partial charge on any atom is -0.464 e. The number of rotatable bonds is 4. The zero-order valence-electron chi connectivity index (χ0n) is 16.2. The molecule has 0 aliphatic heterocycles. The largest absolute Gasteiger partial charge is 0.464 e. The van der Waals surface area contributed by atoms with Crippen molar-refractivity contribution in [2.75, 3.05) is 20.3 Å². The second kappa shape index (κ2) is 8.80. The first-order valence-corrected chi connectivity index (χ1v) is 10.2. The molecule has 0 spiro atoms. The molecule has 0 radical (unpaired) electrons. The molecule has 0 fully saturated rings. The van der Waals surface area contributed by atoms with E-state index in [4.69, 9.17) is 4.74 Å². The fourth-order valence-electron chi connectivity index (χ4n) is 3.42. The molecule has 150 valence electrons. The van der Waals surface area contributed by atoms with Gasteiger partial charge in [-0.05, 0) is 28.2 Å². The monoisotopic (exact) mass is 418 g/mol. The fraction of sp³-hybridized carbons (Fsp3) is 0.174. The van der Waals surface area contributed by atoms with Crippen molar-refractivity contribution < 1.29 is 19.1 Å². The molecule has 0 atom stereocenters. The van der Waals surface area contributed by atoms with E-state index in [9.17, 15) is 9.59 Å². The molecule has 1 amide bonds. The maximum atomic E-state index is 12.1. The Morgan fingerprint density at radius 2 is 1.77 bits per heavy atom. The van der Waals surface area contributed by atoms with E-state index in [0.717, 1.165) is 11.1 Å². The van der Waals surface area contributed by atoms with Crippen LogP contribution in [0.2, 0.25) is 0 Å². The van der Waals surface area contributed by atoms with E-state index in [1.54, 1.807) is 5.38 Å². The first-order chi connectivity index (χ1) is 14.7. The molecule has 1 heterocycles. The van der Waals surface area contributed by atoms with Gasteiger partial charge in [-0.1, -0.05) is 54.5 Å². The number of nitrogens with one attached hydrogen (secondary N) is 1. The Bertz CT molecular complexity index is 1110. The van der Waals surface area contributed by atoms with Gasteiger partial charge in [0.2, 0.25) is 0 Å². The van der Waals surface area contributed by atoms with Crippen LogP contribution in [-0.4, -0.2) is 37.3 Å². The van der Waals surface area contributed by atoms with E-state index < -0.39 is 12.1 Å². The third kappa shape index (κ3) is 4.04. The average Bonchev–Trinajstić information content (AvgIpc) is 3.38. The number of hydrogen-bond donors (Lipinski definition) is 1. The zero-order chi connectivity index (χ0) is 20.9. The smallest absolute Gasteiger partial charge is 0.407 e. The molecule has 1 aliphatic carbocycles. The third-order valence-electron chi connectivity index (χ3n) is 4.76. The third-order valence-corrected chi connectivity index (χ3v) is 5.52. The number of fused-ring (bicyclic) bond motifs is 3. The number of benzene rings is 2. The van der Waals surface area contributed by atoms with E-state index in [0.29, 0.717) is 5.01 Å². The van der Waals surface area contributed by atoms with Crippen LogP contribution in [0.25, 0.3) is 11.1 Å². The molecule has 0 bridgehead atoms. The van der Waals surface area contributed by atoms with Crippen LogP contribution in [-0.2, 0) is 9.47 Å². The lowest BCUT2D eigenvalue weighted by Gasteiger charge is -2.14. The van der Waals surface area contributed by atoms with Crippen LogP contribution in [0.1, 0.15) is 32.5 Å². The predicted molar refractivity (Wildman–Crippen MR) is 113 cm³/mol. The first-order valence-electron chi connectivity index (χ1n) is 9.29. The lowest BCUT2D eigenvalue weighted by atomic mass is 9.98. The summed E-state index contributed by atoms with van der Waals surface area (Å²) in [6.07, 6.45) is -0.527. The number of amides is 1. The molecule has 2 aromatic carbocycles. The summed E-state index contributed by atoms with van der Waals surface area (Å²) in [4.78, 5) is 27.5. The Kier molecular flexibility index (Phi) is 5.77. The van der Waals surface area contributed by atoms with Crippen molar-refractivity contribution in [3.8, 4) is 23.0 Å². The van der Waals surface area contributed by atoms with E-state index in [2.05, 4.69) is 51.1 Å². The van der Waals surface area contributed by atoms with Gasteiger partial charge in [-0.25, -0.2) is 14.6 Å². The summed E-state index contributed by atoms with van der Waals surface area (Å²) >= 11 is 1.24. The van der Waals surface area contributed by atoms with Gasteiger partial charge >= 0.3 is 12.1 Å². The highest BCUT2D eigenvalue weighted by molar-refractivity contribution is 7.10. The minimum atomic E-state index is -0.527. The highest BCUT2D eigenvalue weighted by Gasteiger charge is 2.28. The number of thiazole rings is 1. The molecule has 7 heteroatoms. The number of nitrogens with zero attached hydrogens (tertiary/aromatic N) is 1. The Morgan fingerprint density at radius 1 is 1.10 bits per heavy atom. The van der Waals surface area contributed by atoms with Crippen molar-refractivity contribution in [1.29, 1.82) is 0 Å². The molecule has 1 aromatic heterocycles. The number of carbonyl (C=O) groups is 2. The minimum absolute atomic E-state index is 0.0151. The molecule has 3 aromatic rings. The number of esters is 1. The highest BCUT2D eigenvalue weighted by atomic mass is 32.1. The van der Waals surface area contributed by atoms with Gasteiger partial charge in [-0.2, -0.15) is 0 Å². The van der Waals surface area contributed by atoms with Crippen LogP contribution in [0, 0.1) is 11.8 Å². The molecule has 0 saturated heterocycles. The predicted octanol–water partition coefficient (Wildman–Crippen LogP) is 3.82. The number of carbonyl (C=O) groups excluding carboxylic acids is 2. The summed E-state index contributed by atoms with van der Waals surface area (Å²) in [5.74, 6) is 5.11. The Hall–Kier alpha value is -3.63. The van der Waals surface area contributed by atoms with Crippen molar-refractivity contribution >= 4 is 23.4 Å². The lowest BCUT2D eigenvalue weighted by molar-refractivity contribution is 0.0595. The maximum absolute atomic E-state index is 12.1. The molecule has 30 heavy (non-hydrogen) atoms. The standard InChI is InChI=1S/C23H18N2O4S/c1-28-22(26)20-14-30-21(25-20)11-6-12-24-23(27)29-13-19-17-9-4-2-7-15(17)16-8-3-5-10-18(16)19/h2-5,7-10,14,19H,12-13H2,1H3,(H,24,27). The van der Waals surface area contributed by atoms with Crippen LogP contribution < -0.4 is 5.32 Å². The van der Waals surface area contributed by atoms with E-state index in [1.165, 1.54) is 29.6 Å². The van der Waals surface area contributed by atoms with E-state index >= 15 is 0 Å². The molecule has 1 N–H and O–H groups in total. The number of methoxy groups -OCH3 is 1. The highest BCUT2D eigenvalue weighted by Crippen LogP contribution is 2.44. The molecule has 0 unspecified atom stereocenters. The van der Waals surface area contributed by atoms with Crippen molar-refractivity contribution in [3.05, 3.63) is 75.7 Å². The van der Waals surface area contributed by atoms with Crippen LogP contribution in [0.3, 0.4) is 0 Å². The fourth-order valence-corrected chi connectivity index (χ4v) is 4.07. The summed E-state index contributed by atoms with van der Waals surface area (Å²) in [5.41, 5.74) is 4.91. The van der Waals surface area contributed by atoms with Gasteiger partial charge in [0.1, 0.15) is 6.61 Å². The Morgan fingerprint density at radius 3 is 2.43 bits per heavy atom. The first kappa shape index (κ1) is 19.7. The van der Waals surface area contributed by atoms with Gasteiger partial charge in [0.25, 0.3) is 0 Å². The zero-order valence-corrected chi connectivity index (χ0v) is 17.0. The van der Waals surface area contributed by atoms with E-state index in [1.807, 2.05) is 24.3 Å². The molecule has 0 saturated carbocycles. The lowest BCUT2D eigenvalue weighted by Crippen LogP contribution is -2.26. The summed E-state index contributed by atoms with van der Waals surface area (Å²) in [6.45, 7) is 0.367. The molecular formula is C23H18N2O4S. The van der Waals surface area contributed by atoms with Gasteiger partial charge in [0.15, 0.2) is 10.7 Å². The van der Waals surface area contributed by atoms with Crippen LogP contribution in [0.5, 0.6) is 0 Å². The normalized spacial score (nSPS) is 11.6. The van der Waals surface area contributed by atoms with Crippen molar-refractivity contribution in [2.24, 2.45) is 0 Å². The number of ether oxygens (including phenoxy) is 2. The molecule has 1 aliphatic rings. The summed E-state index contributed by atoms with van der Waals surface area (Å²) in [5, 5.41) is 4.67. The second-order valence-electron chi connectivity index (χ2n) is 6.51. The van der Waals surface area contributed by atoms with Crippen molar-refractivity contribution in [2.45, 2.75) is 5.92 Å². The van der Waals surface area contributed by atoms with Crippen molar-refractivity contribution in [1.82, 2.24) is 10.3 Å². The number of hydrogen-bond acceptors (Lipinski definition) is 6. The summed E-state index contributed by atoms with van der Waals surface area (Å²) < 4.78 is 10.1.